The number of rotatable bonds is 12. The van der Waals surface area contributed by atoms with E-state index in [1.807, 2.05) is 45.9 Å². The van der Waals surface area contributed by atoms with Gasteiger partial charge in [-0.05, 0) is 75.2 Å². The summed E-state index contributed by atoms with van der Waals surface area (Å²) in [5, 5.41) is 0. The van der Waals surface area contributed by atoms with Gasteiger partial charge in [-0.2, -0.15) is 0 Å². The minimum Gasteiger partial charge on any atom is -0.459 e. The zero-order chi connectivity index (χ0) is 30.1. The van der Waals surface area contributed by atoms with Crippen molar-refractivity contribution >= 4 is 42.6 Å². The van der Waals surface area contributed by atoms with Crippen molar-refractivity contribution in [3.63, 3.8) is 0 Å². The average molecular weight is 646 g/mol. The number of pyridine rings is 1. The minimum absolute atomic E-state index is 0. The number of anilines is 1. The Morgan fingerprint density at radius 3 is 2.05 bits per heavy atom. The number of aromatic nitrogens is 1. The van der Waals surface area contributed by atoms with Crippen molar-refractivity contribution in [2.45, 2.75) is 66.5 Å². The van der Waals surface area contributed by atoms with Crippen molar-refractivity contribution < 1.29 is 19.1 Å². The summed E-state index contributed by atoms with van der Waals surface area (Å²) in [6.45, 7) is 16.4. The van der Waals surface area contributed by atoms with Gasteiger partial charge in [-0.3, -0.25) is 9.80 Å². The first kappa shape index (κ1) is 37.0. The number of hydrogen-bond donors (Lipinski definition) is 0. The van der Waals surface area contributed by atoms with Crippen LogP contribution in [0.15, 0.2) is 66.9 Å². The summed E-state index contributed by atoms with van der Waals surface area (Å²) >= 11 is 0. The molecule has 0 aliphatic carbocycles. The zero-order valence-corrected chi connectivity index (χ0v) is 28.0. The van der Waals surface area contributed by atoms with Crippen LogP contribution in [0.25, 0.3) is 0 Å². The van der Waals surface area contributed by atoms with Gasteiger partial charge in [-0.1, -0.05) is 43.3 Å². The largest absolute Gasteiger partial charge is 0.459 e. The molecule has 0 spiro atoms. The predicted molar refractivity (Wildman–Crippen MR) is 180 cm³/mol. The monoisotopic (exact) mass is 644 g/mol. The molecule has 240 valence electrons. The molecule has 0 radical (unpaired) electrons. The molecule has 10 heteroatoms. The highest BCUT2D eigenvalue weighted by atomic mass is 35.5. The maximum Gasteiger partial charge on any atom is 0.342 e. The van der Waals surface area contributed by atoms with E-state index in [9.17, 15) is 9.59 Å². The van der Waals surface area contributed by atoms with E-state index in [-0.39, 0.29) is 49.0 Å². The van der Waals surface area contributed by atoms with Crippen LogP contribution in [-0.2, 0) is 29.1 Å². The molecule has 8 nitrogen and oxygen atoms in total. The van der Waals surface area contributed by atoms with E-state index >= 15 is 0 Å². The van der Waals surface area contributed by atoms with Crippen LogP contribution in [0.5, 0.6) is 0 Å². The van der Waals surface area contributed by atoms with Gasteiger partial charge >= 0.3 is 11.9 Å². The fourth-order valence-corrected chi connectivity index (χ4v) is 5.09. The van der Waals surface area contributed by atoms with Gasteiger partial charge in [0.1, 0.15) is 11.4 Å². The van der Waals surface area contributed by atoms with Gasteiger partial charge < -0.3 is 14.4 Å². The van der Waals surface area contributed by atoms with Gasteiger partial charge in [0.2, 0.25) is 0 Å². The Morgan fingerprint density at radius 1 is 0.795 bits per heavy atom. The molecular weight excluding hydrogens is 599 g/mol. The average Bonchev–Trinajstić information content (AvgIpc) is 2.97. The maximum atomic E-state index is 12.6. The van der Waals surface area contributed by atoms with E-state index in [1.165, 1.54) is 11.1 Å². The summed E-state index contributed by atoms with van der Waals surface area (Å²) in [6, 6.07) is 20.2. The Bertz CT molecular complexity index is 1330. The Balaban J connectivity index is 0.00000337. The minimum atomic E-state index is -0.322. The van der Waals surface area contributed by atoms with Gasteiger partial charge in [-0.25, -0.2) is 14.6 Å². The van der Waals surface area contributed by atoms with Crippen LogP contribution in [-0.4, -0.2) is 71.7 Å². The van der Waals surface area contributed by atoms with E-state index in [2.05, 4.69) is 56.9 Å². The summed E-state index contributed by atoms with van der Waals surface area (Å²) in [7, 11) is 0. The van der Waals surface area contributed by atoms with E-state index in [1.54, 1.807) is 18.3 Å². The van der Waals surface area contributed by atoms with Crippen molar-refractivity contribution in [1.29, 1.82) is 0 Å². The van der Waals surface area contributed by atoms with Crippen molar-refractivity contribution in [1.82, 2.24) is 14.8 Å². The van der Waals surface area contributed by atoms with Crippen LogP contribution < -0.4 is 4.90 Å². The number of benzene rings is 2. The Hall–Kier alpha value is -3.17. The lowest BCUT2D eigenvalue weighted by Crippen LogP contribution is -2.46. The SMILES string of the molecule is CCN(Cc1ccc(CN2CCN(c3ncccc3C(=O)OC(C)C)CC2)cc1)Cc1cccc(C(=O)OC(C)C)c1.Cl.Cl. The predicted octanol–water partition coefficient (Wildman–Crippen LogP) is 6.40. The summed E-state index contributed by atoms with van der Waals surface area (Å²) in [5.41, 5.74) is 4.76. The standard InChI is InChI=1S/C34H44N4O4.2ClH/c1-6-36(24-29-9-7-10-30(21-29)33(39)41-25(2)3)22-27-12-14-28(15-13-27)23-37-17-19-38(20-18-37)32-31(11-8-16-35-32)34(40)42-26(4)5;;/h7-16,21,25-26H,6,17-20,22-24H2,1-5H3;2*1H. The van der Waals surface area contributed by atoms with E-state index in [4.69, 9.17) is 9.47 Å². The number of esters is 2. The fraction of sp³-hybridized carbons (Fsp3) is 0.441. The lowest BCUT2D eigenvalue weighted by molar-refractivity contribution is 0.0367. The van der Waals surface area contributed by atoms with Crippen molar-refractivity contribution in [3.05, 3.63) is 94.7 Å². The summed E-state index contributed by atoms with van der Waals surface area (Å²) in [4.78, 5) is 36.4. The van der Waals surface area contributed by atoms with Gasteiger partial charge in [-0.15, -0.1) is 24.8 Å². The molecule has 0 amide bonds. The van der Waals surface area contributed by atoms with Crippen LogP contribution in [0.1, 0.15) is 72.0 Å². The highest BCUT2D eigenvalue weighted by Crippen LogP contribution is 2.21. The molecule has 2 aromatic carbocycles. The topological polar surface area (TPSA) is 75.2 Å². The maximum absolute atomic E-state index is 12.6. The first-order valence-corrected chi connectivity index (χ1v) is 14.9. The normalized spacial score (nSPS) is 13.4. The molecule has 1 saturated heterocycles. The lowest BCUT2D eigenvalue weighted by atomic mass is 10.1. The Morgan fingerprint density at radius 2 is 1.41 bits per heavy atom. The van der Waals surface area contributed by atoms with Gasteiger partial charge in [0.05, 0.1) is 17.8 Å². The molecular formula is C34H46Cl2N4O4. The molecule has 0 unspecified atom stereocenters. The molecule has 0 bridgehead atoms. The number of hydrogen-bond acceptors (Lipinski definition) is 8. The van der Waals surface area contributed by atoms with E-state index in [0.717, 1.165) is 57.9 Å². The molecule has 0 N–H and O–H groups in total. The van der Waals surface area contributed by atoms with Crippen molar-refractivity contribution in [2.75, 3.05) is 37.6 Å². The molecule has 44 heavy (non-hydrogen) atoms. The van der Waals surface area contributed by atoms with Gasteiger partial charge in [0.15, 0.2) is 0 Å². The molecule has 2 heterocycles. The fourth-order valence-electron chi connectivity index (χ4n) is 5.09. The van der Waals surface area contributed by atoms with Gasteiger partial charge in [0, 0.05) is 52.0 Å². The number of carbonyl (C=O) groups is 2. The first-order chi connectivity index (χ1) is 20.2. The first-order valence-electron chi connectivity index (χ1n) is 14.9. The summed E-state index contributed by atoms with van der Waals surface area (Å²) in [5.74, 6) is 0.103. The summed E-state index contributed by atoms with van der Waals surface area (Å²) in [6.07, 6.45) is 1.43. The number of halogens is 2. The third-order valence-electron chi connectivity index (χ3n) is 7.22. The Kier molecular flexibility index (Phi) is 15.1. The highest BCUT2D eigenvalue weighted by molar-refractivity contribution is 5.95. The van der Waals surface area contributed by atoms with Crippen LogP contribution in [0.3, 0.4) is 0 Å². The van der Waals surface area contributed by atoms with Crippen LogP contribution in [0.4, 0.5) is 5.82 Å². The zero-order valence-electron chi connectivity index (χ0n) is 26.4. The molecule has 1 aliphatic heterocycles. The van der Waals surface area contributed by atoms with E-state index < -0.39 is 0 Å². The molecule has 1 fully saturated rings. The van der Waals surface area contributed by atoms with Crippen molar-refractivity contribution in [3.8, 4) is 0 Å². The Labute approximate surface area is 274 Å². The molecule has 1 aromatic heterocycles. The van der Waals surface area contributed by atoms with Crippen molar-refractivity contribution in [2.24, 2.45) is 0 Å². The second-order valence-corrected chi connectivity index (χ2v) is 11.4. The number of carbonyl (C=O) groups excluding carboxylic acids is 2. The quantitative estimate of drug-likeness (QED) is 0.210. The molecule has 1 aliphatic rings. The number of nitrogens with zero attached hydrogens (tertiary/aromatic N) is 4. The van der Waals surface area contributed by atoms with Crippen LogP contribution in [0, 0.1) is 0 Å². The van der Waals surface area contributed by atoms with Crippen LogP contribution in [0.2, 0.25) is 0 Å². The summed E-state index contributed by atoms with van der Waals surface area (Å²) < 4.78 is 10.8. The van der Waals surface area contributed by atoms with Gasteiger partial charge in [0.25, 0.3) is 0 Å². The molecule has 3 aromatic rings. The highest BCUT2D eigenvalue weighted by Gasteiger charge is 2.24. The lowest BCUT2D eigenvalue weighted by Gasteiger charge is -2.36. The second kappa shape index (κ2) is 18.0. The third kappa shape index (κ3) is 10.8. The van der Waals surface area contributed by atoms with E-state index in [0.29, 0.717) is 16.9 Å². The molecule has 0 saturated carbocycles. The third-order valence-corrected chi connectivity index (χ3v) is 7.22. The number of piperazine rings is 1. The molecule has 0 atom stereocenters. The molecule has 4 rings (SSSR count). The number of ether oxygens (including phenoxy) is 2. The smallest absolute Gasteiger partial charge is 0.342 e. The van der Waals surface area contributed by atoms with Crippen LogP contribution >= 0.6 is 24.8 Å². The second-order valence-electron chi connectivity index (χ2n) is 11.4.